The van der Waals surface area contributed by atoms with Crippen LogP contribution in [0.3, 0.4) is 0 Å². The summed E-state index contributed by atoms with van der Waals surface area (Å²) in [5.74, 6) is -3.82. The molecule has 2 N–H and O–H groups in total. The quantitative estimate of drug-likeness (QED) is 0.268. The molecule has 2 fully saturated rings. The van der Waals surface area contributed by atoms with Crippen molar-refractivity contribution >= 4 is 23.9 Å². The molecule has 4 atom stereocenters. The lowest BCUT2D eigenvalue weighted by Crippen LogP contribution is -2.49. The number of cyclic esters (lactones) is 2. The summed E-state index contributed by atoms with van der Waals surface area (Å²) in [4.78, 5) is 47.1. The highest BCUT2D eigenvalue weighted by Gasteiger charge is 2.53. The van der Waals surface area contributed by atoms with Gasteiger partial charge in [0.2, 0.25) is 18.0 Å². The largest absolute Gasteiger partial charge is 0.436 e. The Labute approximate surface area is 153 Å². The highest BCUT2D eigenvalue weighted by Crippen LogP contribution is 2.29. The van der Waals surface area contributed by atoms with Crippen LogP contribution in [0.4, 0.5) is 0 Å². The molecular formula is C15H20O12. The Bertz CT molecular complexity index is 562. The van der Waals surface area contributed by atoms with Gasteiger partial charge < -0.3 is 38.6 Å². The molecule has 0 aromatic heterocycles. The van der Waals surface area contributed by atoms with Gasteiger partial charge in [0.25, 0.3) is 0 Å². The van der Waals surface area contributed by atoms with Gasteiger partial charge in [-0.1, -0.05) is 0 Å². The Morgan fingerprint density at radius 2 is 1.30 bits per heavy atom. The molecule has 0 aromatic rings. The summed E-state index contributed by atoms with van der Waals surface area (Å²) >= 11 is 0. The number of rotatable bonds is 8. The number of esters is 4. The lowest BCUT2D eigenvalue weighted by molar-refractivity contribution is -0.181. The Morgan fingerprint density at radius 3 is 1.56 bits per heavy atom. The van der Waals surface area contributed by atoms with Gasteiger partial charge in [0, 0.05) is 0 Å². The van der Waals surface area contributed by atoms with Gasteiger partial charge in [-0.15, -0.1) is 0 Å². The normalized spacial score (nSPS) is 29.6. The molecule has 0 bridgehead atoms. The Kier molecular flexibility index (Phi) is 6.36. The van der Waals surface area contributed by atoms with E-state index in [1.807, 2.05) is 0 Å². The number of hydrogen-bond donors (Lipinski definition) is 2. The molecule has 2 saturated heterocycles. The SMILES string of the molecule is CC(O)C1(CC(=O)OCOC(=O)CC2(C(C)O)OCOC2=O)OCOC1=O. The molecule has 0 spiro atoms. The van der Waals surface area contributed by atoms with Crippen molar-refractivity contribution in [1.82, 2.24) is 0 Å². The molecular weight excluding hydrogens is 372 g/mol. The number of hydrogen-bond acceptors (Lipinski definition) is 12. The van der Waals surface area contributed by atoms with Crippen LogP contribution in [-0.4, -0.2) is 77.9 Å². The lowest BCUT2D eigenvalue weighted by atomic mass is 9.94. The smallest absolute Gasteiger partial charge is 0.344 e. The van der Waals surface area contributed by atoms with Crippen molar-refractivity contribution in [3.8, 4) is 0 Å². The molecule has 0 amide bonds. The van der Waals surface area contributed by atoms with Gasteiger partial charge in [-0.25, -0.2) is 9.59 Å². The van der Waals surface area contributed by atoms with Gasteiger partial charge in [-0.05, 0) is 13.8 Å². The number of aliphatic hydroxyl groups is 2. The topological polar surface area (TPSA) is 164 Å². The standard InChI is InChI=1S/C15H20O12/c1-8(16)14(12(20)24-6-26-14)3-10(18)22-5-23-11(19)4-15(9(2)17)13(21)25-7-27-15/h8-9,16-17H,3-7H2,1-2H3. The molecule has 0 radical (unpaired) electrons. The Hall–Kier alpha value is -2.28. The minimum atomic E-state index is -1.89. The fraction of sp³-hybridized carbons (Fsp3) is 0.733. The maximum Gasteiger partial charge on any atom is 0.344 e. The zero-order chi connectivity index (χ0) is 20.2. The van der Waals surface area contributed by atoms with E-state index >= 15 is 0 Å². The number of carbonyl (C=O) groups is 4. The van der Waals surface area contributed by atoms with E-state index in [4.69, 9.17) is 9.47 Å². The summed E-state index contributed by atoms with van der Waals surface area (Å²) in [6.07, 6.45) is -4.01. The molecule has 0 saturated carbocycles. The van der Waals surface area contributed by atoms with Gasteiger partial charge in [0.15, 0.2) is 13.6 Å². The Morgan fingerprint density at radius 1 is 0.926 bits per heavy atom. The van der Waals surface area contributed by atoms with Crippen molar-refractivity contribution < 1.29 is 57.8 Å². The summed E-state index contributed by atoms with van der Waals surface area (Å²) in [5, 5.41) is 19.4. The van der Waals surface area contributed by atoms with Crippen molar-refractivity contribution in [2.75, 3.05) is 20.4 Å². The Balaban J connectivity index is 1.83. The molecule has 12 nitrogen and oxygen atoms in total. The van der Waals surface area contributed by atoms with Gasteiger partial charge in [-0.3, -0.25) is 9.59 Å². The summed E-state index contributed by atoms with van der Waals surface area (Å²) in [6.45, 7) is 0.840. The van der Waals surface area contributed by atoms with Crippen molar-refractivity contribution in [2.45, 2.75) is 50.1 Å². The van der Waals surface area contributed by atoms with Gasteiger partial charge in [0.1, 0.15) is 0 Å². The van der Waals surface area contributed by atoms with E-state index in [9.17, 15) is 29.4 Å². The molecule has 4 unspecified atom stereocenters. The van der Waals surface area contributed by atoms with E-state index in [1.165, 1.54) is 13.8 Å². The maximum atomic E-state index is 11.9. The van der Waals surface area contributed by atoms with Crippen LogP contribution in [0.15, 0.2) is 0 Å². The highest BCUT2D eigenvalue weighted by atomic mass is 16.8. The second-order valence-electron chi connectivity index (χ2n) is 6.02. The fourth-order valence-electron chi connectivity index (χ4n) is 2.55. The second-order valence-corrected chi connectivity index (χ2v) is 6.02. The minimum absolute atomic E-state index is 0.413. The third kappa shape index (κ3) is 4.18. The van der Waals surface area contributed by atoms with E-state index < -0.39 is 80.5 Å². The van der Waals surface area contributed by atoms with Crippen molar-refractivity contribution in [2.24, 2.45) is 0 Å². The van der Waals surface area contributed by atoms with Gasteiger partial charge >= 0.3 is 23.9 Å². The molecule has 2 aliphatic heterocycles. The molecule has 2 rings (SSSR count). The first kappa shape index (κ1) is 21.0. The molecule has 2 aliphatic rings. The van der Waals surface area contributed by atoms with Crippen LogP contribution in [0, 0.1) is 0 Å². The zero-order valence-corrected chi connectivity index (χ0v) is 14.7. The number of aliphatic hydroxyl groups excluding tert-OH is 2. The second kappa shape index (κ2) is 8.17. The fourth-order valence-corrected chi connectivity index (χ4v) is 2.55. The van der Waals surface area contributed by atoms with Crippen LogP contribution in [-0.2, 0) is 47.6 Å². The van der Waals surface area contributed by atoms with Crippen LogP contribution in [0.5, 0.6) is 0 Å². The van der Waals surface area contributed by atoms with Crippen molar-refractivity contribution in [3.05, 3.63) is 0 Å². The summed E-state index contributed by atoms with van der Waals surface area (Å²) in [6, 6.07) is 0. The summed E-state index contributed by atoms with van der Waals surface area (Å²) in [7, 11) is 0. The molecule has 0 aliphatic carbocycles. The van der Waals surface area contributed by atoms with Gasteiger partial charge in [-0.2, -0.15) is 0 Å². The molecule has 2 heterocycles. The average Bonchev–Trinajstić information content (AvgIpc) is 3.12. The predicted octanol–water partition coefficient (Wildman–Crippen LogP) is -1.89. The highest BCUT2D eigenvalue weighted by molar-refractivity contribution is 5.88. The predicted molar refractivity (Wildman–Crippen MR) is 79.2 cm³/mol. The summed E-state index contributed by atoms with van der Waals surface area (Å²) < 4.78 is 28.6. The monoisotopic (exact) mass is 392 g/mol. The van der Waals surface area contributed by atoms with E-state index in [-0.39, 0.29) is 0 Å². The average molecular weight is 392 g/mol. The van der Waals surface area contributed by atoms with Crippen molar-refractivity contribution in [1.29, 1.82) is 0 Å². The summed E-state index contributed by atoms with van der Waals surface area (Å²) in [5.41, 5.74) is -3.78. The molecule has 0 aromatic carbocycles. The van der Waals surface area contributed by atoms with Crippen LogP contribution in [0.2, 0.25) is 0 Å². The van der Waals surface area contributed by atoms with E-state index in [1.54, 1.807) is 0 Å². The van der Waals surface area contributed by atoms with Crippen LogP contribution >= 0.6 is 0 Å². The van der Waals surface area contributed by atoms with Gasteiger partial charge in [0.05, 0.1) is 25.0 Å². The number of ether oxygens (including phenoxy) is 6. The zero-order valence-electron chi connectivity index (χ0n) is 14.7. The van der Waals surface area contributed by atoms with E-state index in [2.05, 4.69) is 18.9 Å². The molecule has 27 heavy (non-hydrogen) atoms. The maximum absolute atomic E-state index is 11.9. The number of carbonyl (C=O) groups excluding carboxylic acids is 4. The van der Waals surface area contributed by atoms with Crippen LogP contribution in [0.25, 0.3) is 0 Å². The third-order valence-corrected chi connectivity index (χ3v) is 4.31. The molecule has 152 valence electrons. The van der Waals surface area contributed by atoms with E-state index in [0.29, 0.717) is 0 Å². The molecule has 12 heteroatoms. The van der Waals surface area contributed by atoms with E-state index in [0.717, 1.165) is 0 Å². The van der Waals surface area contributed by atoms with Crippen LogP contribution < -0.4 is 0 Å². The minimum Gasteiger partial charge on any atom is -0.436 e. The van der Waals surface area contributed by atoms with Crippen LogP contribution in [0.1, 0.15) is 26.7 Å². The first-order chi connectivity index (χ1) is 12.6. The first-order valence-electron chi connectivity index (χ1n) is 7.94. The third-order valence-electron chi connectivity index (χ3n) is 4.31. The lowest BCUT2D eigenvalue weighted by Gasteiger charge is -2.26. The first-order valence-corrected chi connectivity index (χ1v) is 7.94. The van der Waals surface area contributed by atoms with Crippen molar-refractivity contribution in [3.63, 3.8) is 0 Å².